The van der Waals surface area contributed by atoms with Crippen molar-refractivity contribution in [2.75, 3.05) is 0 Å². The van der Waals surface area contributed by atoms with Crippen molar-refractivity contribution in [3.05, 3.63) is 158 Å². The highest BCUT2D eigenvalue weighted by atomic mass is 15.2. The van der Waals surface area contributed by atoms with E-state index in [4.69, 9.17) is 9.97 Å². The Morgan fingerprint density at radius 1 is 0.370 bits per heavy atom. The maximum Gasteiger partial charge on any atom is 0.235 e. The van der Waals surface area contributed by atoms with Crippen LogP contribution >= 0.6 is 0 Å². The number of fused-ring (bicyclic) bond motifs is 8. The van der Waals surface area contributed by atoms with Gasteiger partial charge >= 0.3 is 0 Å². The molecular formula is C42H26N4. The molecule has 214 valence electrons. The van der Waals surface area contributed by atoms with Crippen LogP contribution in [-0.4, -0.2) is 19.1 Å². The summed E-state index contributed by atoms with van der Waals surface area (Å²) in [6.45, 7) is 0. The van der Waals surface area contributed by atoms with Crippen LogP contribution in [0.25, 0.3) is 88.2 Å². The largest absolute Gasteiger partial charge is 0.309 e. The summed E-state index contributed by atoms with van der Waals surface area (Å²) in [6.07, 6.45) is 0. The van der Waals surface area contributed by atoms with E-state index in [2.05, 4.69) is 155 Å². The molecule has 7 aromatic carbocycles. The Morgan fingerprint density at radius 3 is 1.67 bits per heavy atom. The molecule has 0 atom stereocenters. The molecule has 0 unspecified atom stereocenters. The fourth-order valence-corrected chi connectivity index (χ4v) is 7.24. The lowest BCUT2D eigenvalue weighted by molar-refractivity contribution is 1.01. The quantitative estimate of drug-likeness (QED) is 0.206. The smallest absolute Gasteiger partial charge is 0.235 e. The highest BCUT2D eigenvalue weighted by molar-refractivity contribution is 6.14. The topological polar surface area (TPSA) is 35.6 Å². The van der Waals surface area contributed by atoms with Gasteiger partial charge in [0.25, 0.3) is 0 Å². The molecule has 3 aromatic heterocycles. The first-order valence-corrected chi connectivity index (χ1v) is 15.6. The molecule has 10 aromatic rings. The van der Waals surface area contributed by atoms with Gasteiger partial charge in [-0.2, -0.15) is 0 Å². The van der Waals surface area contributed by atoms with Crippen molar-refractivity contribution in [1.29, 1.82) is 0 Å². The molecule has 4 nitrogen and oxygen atoms in total. The fourth-order valence-electron chi connectivity index (χ4n) is 7.24. The summed E-state index contributed by atoms with van der Waals surface area (Å²) in [5.41, 5.74) is 8.65. The maximum atomic E-state index is 5.27. The first-order chi connectivity index (χ1) is 22.8. The van der Waals surface area contributed by atoms with Crippen LogP contribution < -0.4 is 0 Å². The van der Waals surface area contributed by atoms with Crippen LogP contribution in [0.4, 0.5) is 0 Å². The zero-order chi connectivity index (χ0) is 30.2. The molecule has 0 aliphatic rings. The minimum Gasteiger partial charge on any atom is -0.309 e. The van der Waals surface area contributed by atoms with Gasteiger partial charge in [0, 0.05) is 38.2 Å². The lowest BCUT2D eigenvalue weighted by atomic mass is 10.1. The monoisotopic (exact) mass is 586 g/mol. The van der Waals surface area contributed by atoms with Crippen LogP contribution in [-0.2, 0) is 0 Å². The Kier molecular flexibility index (Phi) is 5.25. The SMILES string of the molecule is c1ccc(-c2nc(-n3c4ccccc4c4cc5ccc(-n6c7ccccc7c7ccccc76)cc5cc43)nc3ccccc23)cc1. The van der Waals surface area contributed by atoms with Gasteiger partial charge in [-0.05, 0) is 59.3 Å². The van der Waals surface area contributed by atoms with Crippen molar-refractivity contribution >= 4 is 65.3 Å². The molecule has 0 N–H and O–H groups in total. The van der Waals surface area contributed by atoms with Crippen molar-refractivity contribution in [2.45, 2.75) is 0 Å². The maximum absolute atomic E-state index is 5.27. The third-order valence-corrected chi connectivity index (χ3v) is 9.29. The van der Waals surface area contributed by atoms with Crippen molar-refractivity contribution in [1.82, 2.24) is 19.1 Å². The zero-order valence-corrected chi connectivity index (χ0v) is 24.8. The standard InChI is InChI=1S/C42H26N4/c1-2-12-27(13-3-1)41-34-17-4-8-18-36(34)43-42(44-41)46-39-21-11-7-16-33(39)35-25-28-22-23-30(24-29(28)26-40(35)46)45-37-19-9-5-14-31(37)32-15-6-10-20-38(32)45/h1-26H. The van der Waals surface area contributed by atoms with Crippen molar-refractivity contribution < 1.29 is 0 Å². The average Bonchev–Trinajstić information content (AvgIpc) is 3.63. The highest BCUT2D eigenvalue weighted by Crippen LogP contribution is 2.37. The average molecular weight is 587 g/mol. The van der Waals surface area contributed by atoms with E-state index in [-0.39, 0.29) is 0 Å². The van der Waals surface area contributed by atoms with Crippen molar-refractivity contribution in [3.8, 4) is 22.9 Å². The number of rotatable bonds is 3. The first kappa shape index (κ1) is 25.1. The van der Waals surface area contributed by atoms with Crippen LogP contribution in [0, 0.1) is 0 Å². The number of hydrogen-bond donors (Lipinski definition) is 0. The summed E-state index contributed by atoms with van der Waals surface area (Å²) in [5, 5.41) is 8.30. The molecule has 0 aliphatic heterocycles. The minimum atomic E-state index is 0.668. The number of benzene rings is 7. The fraction of sp³-hybridized carbons (Fsp3) is 0. The zero-order valence-electron chi connectivity index (χ0n) is 24.8. The van der Waals surface area contributed by atoms with Crippen LogP contribution in [0.1, 0.15) is 0 Å². The molecule has 46 heavy (non-hydrogen) atoms. The molecule has 3 heterocycles. The van der Waals surface area contributed by atoms with E-state index in [9.17, 15) is 0 Å². The van der Waals surface area contributed by atoms with E-state index in [1.165, 1.54) is 43.4 Å². The van der Waals surface area contributed by atoms with Crippen LogP contribution in [0.15, 0.2) is 158 Å². The van der Waals surface area contributed by atoms with E-state index in [1.54, 1.807) is 0 Å². The van der Waals surface area contributed by atoms with Crippen molar-refractivity contribution in [3.63, 3.8) is 0 Å². The third kappa shape index (κ3) is 3.61. The molecule has 0 spiro atoms. The lowest BCUT2D eigenvalue weighted by Gasteiger charge is -2.12. The molecular weight excluding hydrogens is 560 g/mol. The summed E-state index contributed by atoms with van der Waals surface area (Å²) in [4.78, 5) is 10.4. The summed E-state index contributed by atoms with van der Waals surface area (Å²) in [7, 11) is 0. The van der Waals surface area contributed by atoms with E-state index >= 15 is 0 Å². The van der Waals surface area contributed by atoms with Crippen LogP contribution in [0.3, 0.4) is 0 Å². The van der Waals surface area contributed by atoms with Crippen LogP contribution in [0.2, 0.25) is 0 Å². The van der Waals surface area contributed by atoms with Gasteiger partial charge in [0.2, 0.25) is 5.95 Å². The van der Waals surface area contributed by atoms with Gasteiger partial charge in [-0.3, -0.25) is 4.57 Å². The van der Waals surface area contributed by atoms with Gasteiger partial charge in [0.05, 0.1) is 33.3 Å². The molecule has 0 saturated heterocycles. The number of nitrogens with zero attached hydrogens (tertiary/aromatic N) is 4. The number of aromatic nitrogens is 4. The van der Waals surface area contributed by atoms with E-state index in [0.29, 0.717) is 5.95 Å². The molecule has 0 aliphatic carbocycles. The Balaban J connectivity index is 1.27. The Morgan fingerprint density at radius 2 is 0.957 bits per heavy atom. The van der Waals surface area contributed by atoms with Crippen LogP contribution in [0.5, 0.6) is 0 Å². The van der Waals surface area contributed by atoms with Gasteiger partial charge in [-0.25, -0.2) is 9.97 Å². The van der Waals surface area contributed by atoms with E-state index in [0.717, 1.165) is 38.9 Å². The third-order valence-electron chi connectivity index (χ3n) is 9.29. The normalized spacial score (nSPS) is 11.9. The second kappa shape index (κ2) is 9.62. The van der Waals surface area contributed by atoms with E-state index in [1.807, 2.05) is 12.1 Å². The summed E-state index contributed by atoms with van der Waals surface area (Å²) in [5.74, 6) is 0.668. The molecule has 4 heteroatoms. The predicted octanol–water partition coefficient (Wildman–Crippen LogP) is 10.6. The highest BCUT2D eigenvalue weighted by Gasteiger charge is 2.18. The molecule has 0 radical (unpaired) electrons. The summed E-state index contributed by atoms with van der Waals surface area (Å²) < 4.78 is 4.61. The lowest BCUT2D eigenvalue weighted by Crippen LogP contribution is -2.03. The summed E-state index contributed by atoms with van der Waals surface area (Å²) >= 11 is 0. The van der Waals surface area contributed by atoms with Gasteiger partial charge in [0.1, 0.15) is 0 Å². The van der Waals surface area contributed by atoms with E-state index < -0.39 is 0 Å². The molecule has 0 fully saturated rings. The molecule has 0 bridgehead atoms. The van der Waals surface area contributed by atoms with Gasteiger partial charge in [0.15, 0.2) is 0 Å². The van der Waals surface area contributed by atoms with Crippen molar-refractivity contribution in [2.24, 2.45) is 0 Å². The summed E-state index contributed by atoms with van der Waals surface area (Å²) in [6, 6.07) is 56.0. The number of para-hydroxylation sites is 4. The Labute approximate surface area is 264 Å². The second-order valence-corrected chi connectivity index (χ2v) is 11.9. The molecule has 0 saturated carbocycles. The van der Waals surface area contributed by atoms with Gasteiger partial charge in [-0.1, -0.05) is 109 Å². The Hall–Kier alpha value is -6.26. The number of hydrogen-bond acceptors (Lipinski definition) is 2. The second-order valence-electron chi connectivity index (χ2n) is 11.9. The predicted molar refractivity (Wildman–Crippen MR) is 191 cm³/mol. The van der Waals surface area contributed by atoms with Gasteiger partial charge in [-0.15, -0.1) is 0 Å². The molecule has 0 amide bonds. The first-order valence-electron chi connectivity index (χ1n) is 15.6. The molecule has 10 rings (SSSR count). The minimum absolute atomic E-state index is 0.668. The van der Waals surface area contributed by atoms with Gasteiger partial charge < -0.3 is 4.57 Å². The Bertz CT molecular complexity index is 2750.